The predicted octanol–water partition coefficient (Wildman–Crippen LogP) is 3.30. The molecule has 3 aromatic rings. The molecule has 0 fully saturated rings. The minimum Gasteiger partial charge on any atom is -0.361 e. The lowest BCUT2D eigenvalue weighted by Crippen LogP contribution is -2.37. The molecule has 0 saturated carbocycles. The predicted molar refractivity (Wildman–Crippen MR) is 115 cm³/mol. The highest BCUT2D eigenvalue weighted by Crippen LogP contribution is 2.15. The molecule has 0 unspecified atom stereocenters. The molecule has 0 bridgehead atoms. The number of aryl methyl sites for hydroxylation is 2. The number of nitrogens with zero attached hydrogens (tertiary/aromatic N) is 4. The smallest absolute Gasteiger partial charge is 0.191 e. The van der Waals surface area contributed by atoms with Gasteiger partial charge in [0.2, 0.25) is 0 Å². The van der Waals surface area contributed by atoms with E-state index in [2.05, 4.69) is 53.8 Å². The van der Waals surface area contributed by atoms with Crippen LogP contribution in [0.25, 0.3) is 0 Å². The molecule has 0 amide bonds. The van der Waals surface area contributed by atoms with Crippen LogP contribution in [0, 0.1) is 0 Å². The fourth-order valence-electron chi connectivity index (χ4n) is 3.17. The first-order valence-corrected chi connectivity index (χ1v) is 10.3. The van der Waals surface area contributed by atoms with Gasteiger partial charge in [-0.1, -0.05) is 49.3 Å². The number of benzene rings is 1. The Morgan fingerprint density at radius 2 is 1.90 bits per heavy atom. The monoisotopic (exact) mass is 394 g/mol. The summed E-state index contributed by atoms with van der Waals surface area (Å²) in [5, 5.41) is 15.3. The molecular weight excluding hydrogens is 364 g/mol. The van der Waals surface area contributed by atoms with Crippen molar-refractivity contribution < 1.29 is 4.52 Å². The number of aromatic nitrogens is 3. The van der Waals surface area contributed by atoms with E-state index in [1.807, 2.05) is 35.3 Å². The molecule has 0 aliphatic carbocycles. The van der Waals surface area contributed by atoms with Crippen molar-refractivity contribution in [2.45, 2.75) is 53.2 Å². The standard InChI is InChI=1S/C22H30N6O/c1-4-20-19(21(5-2)29-27-20)14-25-22(23-6-3)24-12-18-13-26-28(16-18)15-17-10-8-7-9-11-17/h7-11,13,16H,4-6,12,14-15H2,1-3H3,(H2,23,24,25). The molecular formula is C22H30N6O. The van der Waals surface area contributed by atoms with Gasteiger partial charge in [-0.3, -0.25) is 4.68 Å². The van der Waals surface area contributed by atoms with Crippen LogP contribution in [0.5, 0.6) is 0 Å². The molecule has 0 aliphatic heterocycles. The fraction of sp³-hybridized carbons (Fsp3) is 0.409. The molecule has 0 aliphatic rings. The van der Waals surface area contributed by atoms with E-state index in [0.29, 0.717) is 13.1 Å². The molecule has 3 rings (SSSR count). The van der Waals surface area contributed by atoms with Gasteiger partial charge in [0.05, 0.1) is 25.0 Å². The molecule has 0 saturated heterocycles. The quantitative estimate of drug-likeness (QED) is 0.430. The number of hydrogen-bond acceptors (Lipinski definition) is 4. The van der Waals surface area contributed by atoms with E-state index < -0.39 is 0 Å². The Hall–Kier alpha value is -3.09. The molecule has 1 aromatic carbocycles. The first kappa shape index (κ1) is 20.6. The summed E-state index contributed by atoms with van der Waals surface area (Å²) in [7, 11) is 0. The van der Waals surface area contributed by atoms with Crippen molar-refractivity contribution in [3.8, 4) is 0 Å². The van der Waals surface area contributed by atoms with Crippen molar-refractivity contribution in [1.29, 1.82) is 0 Å². The number of hydrogen-bond donors (Lipinski definition) is 2. The number of aliphatic imine (C=N–C) groups is 1. The maximum atomic E-state index is 5.45. The molecule has 0 atom stereocenters. The maximum Gasteiger partial charge on any atom is 0.191 e. The van der Waals surface area contributed by atoms with E-state index in [0.717, 1.165) is 54.5 Å². The fourth-order valence-corrected chi connectivity index (χ4v) is 3.17. The van der Waals surface area contributed by atoms with Gasteiger partial charge in [0.25, 0.3) is 0 Å². The van der Waals surface area contributed by atoms with Crippen LogP contribution in [0.2, 0.25) is 0 Å². The van der Waals surface area contributed by atoms with E-state index in [4.69, 9.17) is 9.52 Å². The molecule has 7 heteroatoms. The summed E-state index contributed by atoms with van der Waals surface area (Å²) >= 11 is 0. The van der Waals surface area contributed by atoms with Crippen LogP contribution < -0.4 is 10.6 Å². The van der Waals surface area contributed by atoms with Gasteiger partial charge in [0.1, 0.15) is 5.76 Å². The van der Waals surface area contributed by atoms with Gasteiger partial charge < -0.3 is 15.2 Å². The Bertz CT molecular complexity index is 891. The highest BCUT2D eigenvalue weighted by molar-refractivity contribution is 5.79. The second-order valence-electron chi connectivity index (χ2n) is 6.82. The third-order valence-electron chi connectivity index (χ3n) is 4.68. The van der Waals surface area contributed by atoms with Crippen LogP contribution in [0.1, 0.15) is 48.9 Å². The average Bonchev–Trinajstić information content (AvgIpc) is 3.36. The minimum absolute atomic E-state index is 0.565. The van der Waals surface area contributed by atoms with E-state index in [-0.39, 0.29) is 0 Å². The largest absolute Gasteiger partial charge is 0.361 e. The van der Waals surface area contributed by atoms with Crippen LogP contribution in [-0.4, -0.2) is 27.4 Å². The Morgan fingerprint density at radius 1 is 1.07 bits per heavy atom. The molecule has 2 aromatic heterocycles. The van der Waals surface area contributed by atoms with Gasteiger partial charge in [-0.25, -0.2) is 4.99 Å². The Morgan fingerprint density at radius 3 is 2.62 bits per heavy atom. The van der Waals surface area contributed by atoms with E-state index >= 15 is 0 Å². The van der Waals surface area contributed by atoms with Crippen LogP contribution >= 0.6 is 0 Å². The van der Waals surface area contributed by atoms with Crippen LogP contribution in [0.4, 0.5) is 0 Å². The third-order valence-corrected chi connectivity index (χ3v) is 4.68. The zero-order chi connectivity index (χ0) is 20.5. The van der Waals surface area contributed by atoms with Gasteiger partial charge in [0, 0.05) is 36.8 Å². The second-order valence-corrected chi connectivity index (χ2v) is 6.82. The van der Waals surface area contributed by atoms with Crippen LogP contribution in [-0.2, 0) is 32.5 Å². The molecule has 2 N–H and O–H groups in total. The summed E-state index contributed by atoms with van der Waals surface area (Å²) in [4.78, 5) is 4.70. The highest BCUT2D eigenvalue weighted by Gasteiger charge is 2.13. The SMILES string of the molecule is CCNC(=NCc1cnn(Cc2ccccc2)c1)NCc1c(CC)noc1CC. The van der Waals surface area contributed by atoms with Gasteiger partial charge in [-0.15, -0.1) is 0 Å². The lowest BCUT2D eigenvalue weighted by Gasteiger charge is -2.11. The summed E-state index contributed by atoms with van der Waals surface area (Å²) in [6.07, 6.45) is 5.61. The number of rotatable bonds is 9. The molecule has 0 radical (unpaired) electrons. The van der Waals surface area contributed by atoms with Gasteiger partial charge in [-0.2, -0.15) is 5.10 Å². The Balaban J connectivity index is 1.62. The molecule has 29 heavy (non-hydrogen) atoms. The maximum absolute atomic E-state index is 5.45. The summed E-state index contributed by atoms with van der Waals surface area (Å²) in [6, 6.07) is 10.3. The van der Waals surface area contributed by atoms with Crippen molar-refractivity contribution in [1.82, 2.24) is 25.6 Å². The first-order chi connectivity index (χ1) is 14.2. The number of nitrogens with one attached hydrogen (secondary N) is 2. The molecule has 2 heterocycles. The normalized spacial score (nSPS) is 11.6. The van der Waals surface area contributed by atoms with Crippen LogP contribution in [0.15, 0.2) is 52.2 Å². The van der Waals surface area contributed by atoms with Crippen molar-refractivity contribution >= 4 is 5.96 Å². The Labute approximate surface area is 172 Å². The van der Waals surface area contributed by atoms with E-state index in [9.17, 15) is 0 Å². The van der Waals surface area contributed by atoms with Crippen LogP contribution in [0.3, 0.4) is 0 Å². The lowest BCUT2D eigenvalue weighted by atomic mass is 10.1. The van der Waals surface area contributed by atoms with Gasteiger partial charge in [0.15, 0.2) is 5.96 Å². The summed E-state index contributed by atoms with van der Waals surface area (Å²) in [6.45, 7) is 9.00. The molecule has 154 valence electrons. The average molecular weight is 395 g/mol. The zero-order valence-electron chi connectivity index (χ0n) is 17.5. The second kappa shape index (κ2) is 10.5. The lowest BCUT2D eigenvalue weighted by molar-refractivity contribution is 0.380. The topological polar surface area (TPSA) is 80.3 Å². The molecule has 0 spiro atoms. The van der Waals surface area contributed by atoms with Crippen molar-refractivity contribution in [2.75, 3.05) is 6.54 Å². The zero-order valence-corrected chi connectivity index (χ0v) is 17.5. The molecule has 7 nitrogen and oxygen atoms in total. The van der Waals surface area contributed by atoms with Crippen molar-refractivity contribution in [3.05, 3.63) is 70.9 Å². The summed E-state index contributed by atoms with van der Waals surface area (Å²) in [5.74, 6) is 1.71. The minimum atomic E-state index is 0.565. The summed E-state index contributed by atoms with van der Waals surface area (Å²) < 4.78 is 7.39. The van der Waals surface area contributed by atoms with Crippen molar-refractivity contribution in [3.63, 3.8) is 0 Å². The van der Waals surface area contributed by atoms with Gasteiger partial charge >= 0.3 is 0 Å². The van der Waals surface area contributed by atoms with E-state index in [1.165, 1.54) is 5.56 Å². The highest BCUT2D eigenvalue weighted by atomic mass is 16.5. The third kappa shape index (κ3) is 5.70. The first-order valence-electron chi connectivity index (χ1n) is 10.3. The van der Waals surface area contributed by atoms with Gasteiger partial charge in [-0.05, 0) is 18.9 Å². The van der Waals surface area contributed by atoms with E-state index in [1.54, 1.807) is 0 Å². The summed E-state index contributed by atoms with van der Waals surface area (Å²) in [5.41, 5.74) is 4.45. The van der Waals surface area contributed by atoms with Crippen molar-refractivity contribution in [2.24, 2.45) is 4.99 Å². The Kier molecular flexibility index (Phi) is 7.44. The number of guanidine groups is 1.